The molecular weight excluding hydrogens is 709 g/mol. The van der Waals surface area contributed by atoms with Crippen molar-refractivity contribution >= 4 is 76.2 Å². The van der Waals surface area contributed by atoms with Gasteiger partial charge in [0.25, 0.3) is 0 Å². The van der Waals surface area contributed by atoms with Crippen molar-refractivity contribution in [2.75, 3.05) is 0 Å². The summed E-state index contributed by atoms with van der Waals surface area (Å²) in [7, 11) is 0. The first-order valence-corrected chi connectivity index (χ1v) is 19.3. The lowest BCUT2D eigenvalue weighted by Gasteiger charge is -2.13. The highest BCUT2D eigenvalue weighted by Gasteiger charge is 2.15. The van der Waals surface area contributed by atoms with Crippen LogP contribution in [0.1, 0.15) is 0 Å². The number of pyridine rings is 6. The van der Waals surface area contributed by atoms with Gasteiger partial charge in [-0.15, -0.1) is 0 Å². The van der Waals surface area contributed by atoms with Crippen LogP contribution in [-0.2, 0) is 0 Å². The quantitative estimate of drug-likeness (QED) is 0.167. The largest absolute Gasteiger partial charge is 0.254 e. The van der Waals surface area contributed by atoms with Gasteiger partial charge in [0.05, 0.1) is 50.2 Å². The maximum Gasteiger partial charge on any atom is 0.0972 e. The Kier molecular flexibility index (Phi) is 7.13. The van der Waals surface area contributed by atoms with Gasteiger partial charge in [0, 0.05) is 67.6 Å². The highest BCUT2D eigenvalue weighted by molar-refractivity contribution is 6.10. The normalized spacial score (nSPS) is 11.8. The summed E-state index contributed by atoms with van der Waals surface area (Å²) < 4.78 is 0. The van der Waals surface area contributed by atoms with Crippen LogP contribution < -0.4 is 0 Å². The monoisotopic (exact) mass is 738 g/mol. The van der Waals surface area contributed by atoms with Gasteiger partial charge >= 0.3 is 0 Å². The molecule has 0 aliphatic carbocycles. The fourth-order valence-electron chi connectivity index (χ4n) is 8.50. The van der Waals surface area contributed by atoms with Gasteiger partial charge in [-0.2, -0.15) is 0 Å². The molecule has 0 saturated heterocycles. The highest BCUT2D eigenvalue weighted by atomic mass is 14.8. The van der Waals surface area contributed by atoms with Crippen molar-refractivity contribution in [3.8, 4) is 44.9 Å². The molecule has 0 N–H and O–H groups in total. The molecule has 12 rings (SSSR count). The Morgan fingerprint density at radius 2 is 0.741 bits per heavy atom. The van der Waals surface area contributed by atoms with Gasteiger partial charge in [0.1, 0.15) is 0 Å². The van der Waals surface area contributed by atoms with Gasteiger partial charge in [0.2, 0.25) is 0 Å². The van der Waals surface area contributed by atoms with Crippen LogP contribution in [0.15, 0.2) is 182 Å². The van der Waals surface area contributed by atoms with E-state index in [9.17, 15) is 0 Å². The molecule has 12 aromatic rings. The predicted molar refractivity (Wildman–Crippen MR) is 237 cm³/mol. The molecule has 0 aliphatic heterocycles. The van der Waals surface area contributed by atoms with Crippen LogP contribution in [-0.4, -0.2) is 29.9 Å². The number of fused-ring (bicyclic) bond motifs is 9. The maximum absolute atomic E-state index is 5.28. The topological polar surface area (TPSA) is 77.3 Å². The number of nitrogens with zero attached hydrogens (tertiary/aromatic N) is 6. The second kappa shape index (κ2) is 12.8. The molecule has 0 bridgehead atoms. The van der Waals surface area contributed by atoms with Crippen LogP contribution in [0.2, 0.25) is 0 Å². The minimum absolute atomic E-state index is 0.881. The molecule has 0 unspecified atom stereocenters. The Labute approximate surface area is 332 Å². The SMILES string of the molecule is c1cnc2c(c1)ccc1ccc(-c3ccc(-c4ccc5ccc(-c6ccc7ccc(-c8cc9cccnc9c9ncccc89)nc7c6)cc5n4)c4ccccc34)nc12. The van der Waals surface area contributed by atoms with Crippen molar-refractivity contribution in [2.45, 2.75) is 0 Å². The first-order chi connectivity index (χ1) is 28.7. The zero-order valence-electron chi connectivity index (χ0n) is 31.0. The lowest BCUT2D eigenvalue weighted by Crippen LogP contribution is -1.92. The Bertz CT molecular complexity index is 3650. The minimum Gasteiger partial charge on any atom is -0.254 e. The molecule has 58 heavy (non-hydrogen) atoms. The van der Waals surface area contributed by atoms with Gasteiger partial charge in [0.15, 0.2) is 0 Å². The molecule has 6 heteroatoms. The van der Waals surface area contributed by atoms with E-state index >= 15 is 0 Å². The molecule has 6 aromatic heterocycles. The van der Waals surface area contributed by atoms with Gasteiger partial charge < -0.3 is 0 Å². The van der Waals surface area contributed by atoms with Gasteiger partial charge in [-0.05, 0) is 76.5 Å². The van der Waals surface area contributed by atoms with E-state index in [2.05, 4.69) is 156 Å². The van der Waals surface area contributed by atoms with Crippen molar-refractivity contribution in [2.24, 2.45) is 0 Å². The van der Waals surface area contributed by atoms with E-state index in [4.69, 9.17) is 19.9 Å². The maximum atomic E-state index is 5.28. The van der Waals surface area contributed by atoms with E-state index < -0.39 is 0 Å². The second-order valence-electron chi connectivity index (χ2n) is 14.7. The van der Waals surface area contributed by atoms with Crippen LogP contribution in [0, 0.1) is 0 Å². The summed E-state index contributed by atoms with van der Waals surface area (Å²) in [6.07, 6.45) is 5.47. The summed E-state index contributed by atoms with van der Waals surface area (Å²) in [5, 5.41) is 8.66. The summed E-state index contributed by atoms with van der Waals surface area (Å²) in [6.45, 7) is 0. The van der Waals surface area contributed by atoms with Crippen molar-refractivity contribution in [1.29, 1.82) is 0 Å². The Morgan fingerprint density at radius 3 is 1.40 bits per heavy atom. The first-order valence-electron chi connectivity index (χ1n) is 19.3. The van der Waals surface area contributed by atoms with E-state index in [0.29, 0.717) is 0 Å². The van der Waals surface area contributed by atoms with Crippen LogP contribution in [0.4, 0.5) is 0 Å². The molecule has 6 aromatic carbocycles. The lowest BCUT2D eigenvalue weighted by molar-refractivity contribution is 1.36. The van der Waals surface area contributed by atoms with Gasteiger partial charge in [-0.3, -0.25) is 15.0 Å². The van der Waals surface area contributed by atoms with Crippen LogP contribution in [0.5, 0.6) is 0 Å². The molecule has 6 nitrogen and oxygen atoms in total. The van der Waals surface area contributed by atoms with Crippen LogP contribution in [0.25, 0.3) is 121 Å². The zero-order chi connectivity index (χ0) is 38.2. The number of rotatable bonds is 4. The summed E-state index contributed by atoms with van der Waals surface area (Å²) in [5.74, 6) is 0. The second-order valence-corrected chi connectivity index (χ2v) is 14.7. The Hall–Kier alpha value is -7.96. The van der Waals surface area contributed by atoms with Gasteiger partial charge in [-0.1, -0.05) is 109 Å². The smallest absolute Gasteiger partial charge is 0.0972 e. The van der Waals surface area contributed by atoms with E-state index in [-0.39, 0.29) is 0 Å². The molecule has 0 saturated carbocycles. The lowest BCUT2D eigenvalue weighted by atomic mass is 9.95. The van der Waals surface area contributed by atoms with Crippen molar-refractivity contribution in [3.05, 3.63) is 182 Å². The van der Waals surface area contributed by atoms with Crippen LogP contribution >= 0.6 is 0 Å². The number of aromatic nitrogens is 6. The standard InChI is InChI=1S/C52H30N6/c1-2-9-39-38(8-1)40(20-21-41(39)45-24-19-34-14-13-33-6-3-25-53-49(33)51(34)58-45)44-22-17-31-11-15-35(29-47(31)56-44)36-16-12-32-18-23-46(57-48(32)30-36)43-28-37-7-4-26-54-50(37)52-42(43)10-5-27-55-52/h1-30H. The average Bonchev–Trinajstić information content (AvgIpc) is 3.30. The van der Waals surface area contributed by atoms with E-state index in [1.807, 2.05) is 36.8 Å². The molecule has 6 heterocycles. The minimum atomic E-state index is 0.881. The van der Waals surface area contributed by atoms with E-state index in [1.165, 1.54) is 0 Å². The number of hydrogen-bond acceptors (Lipinski definition) is 6. The number of hydrogen-bond donors (Lipinski definition) is 0. The third-order valence-corrected chi connectivity index (χ3v) is 11.4. The summed E-state index contributed by atoms with van der Waals surface area (Å²) in [5.41, 5.74) is 13.6. The highest BCUT2D eigenvalue weighted by Crippen LogP contribution is 2.38. The molecule has 0 atom stereocenters. The summed E-state index contributed by atoms with van der Waals surface area (Å²) in [4.78, 5) is 29.7. The molecule has 0 spiro atoms. The van der Waals surface area contributed by atoms with Crippen molar-refractivity contribution < 1.29 is 0 Å². The fourth-order valence-corrected chi connectivity index (χ4v) is 8.50. The van der Waals surface area contributed by atoms with E-state index in [1.54, 1.807) is 0 Å². The third kappa shape index (κ3) is 5.20. The van der Waals surface area contributed by atoms with E-state index in [0.717, 1.165) is 121 Å². The van der Waals surface area contributed by atoms with Crippen molar-refractivity contribution in [3.63, 3.8) is 0 Å². The molecular formula is C52H30N6. The first kappa shape index (κ1) is 32.3. The predicted octanol–water partition coefficient (Wildman–Crippen LogP) is 12.8. The molecule has 0 fully saturated rings. The van der Waals surface area contributed by atoms with Crippen molar-refractivity contribution in [1.82, 2.24) is 29.9 Å². The molecule has 268 valence electrons. The van der Waals surface area contributed by atoms with Gasteiger partial charge in [-0.25, -0.2) is 15.0 Å². The fraction of sp³-hybridized carbons (Fsp3) is 0. The Morgan fingerprint density at radius 1 is 0.276 bits per heavy atom. The molecule has 0 radical (unpaired) electrons. The average molecular weight is 739 g/mol. The Balaban J connectivity index is 0.933. The number of benzene rings is 6. The summed E-state index contributed by atoms with van der Waals surface area (Å²) in [6, 6.07) is 57.3. The zero-order valence-corrected chi connectivity index (χ0v) is 31.0. The van der Waals surface area contributed by atoms with Crippen LogP contribution in [0.3, 0.4) is 0 Å². The molecule has 0 amide bonds. The molecule has 0 aliphatic rings. The third-order valence-electron chi connectivity index (χ3n) is 11.4. The summed E-state index contributed by atoms with van der Waals surface area (Å²) >= 11 is 0.